The van der Waals surface area contributed by atoms with Gasteiger partial charge in [0.05, 0.1) is 0 Å². The number of phenols is 1. The Balaban J connectivity index is 0.00000392. The van der Waals surface area contributed by atoms with E-state index in [4.69, 9.17) is 0 Å². The van der Waals surface area contributed by atoms with Gasteiger partial charge >= 0.3 is 6.18 Å². The first kappa shape index (κ1) is 24.2. The van der Waals surface area contributed by atoms with Gasteiger partial charge in [-0.15, -0.1) is 12.4 Å². The molecular weight excluding hydrogens is 391 g/mol. The monoisotopic (exact) mass is 417 g/mol. The summed E-state index contributed by atoms with van der Waals surface area (Å²) in [5, 5.41) is 14.1. The van der Waals surface area contributed by atoms with Gasteiger partial charge in [-0.25, -0.2) is 9.97 Å². The lowest BCUT2D eigenvalue weighted by Crippen LogP contribution is -2.35. The molecule has 0 saturated heterocycles. The van der Waals surface area contributed by atoms with Crippen molar-refractivity contribution in [3.63, 3.8) is 0 Å². The molecule has 8 heteroatoms. The van der Waals surface area contributed by atoms with E-state index < -0.39 is 12.0 Å². The summed E-state index contributed by atoms with van der Waals surface area (Å²) in [6, 6.07) is 3.70. The Morgan fingerprint density at radius 2 is 1.50 bits per heavy atom. The second-order valence-corrected chi connectivity index (χ2v) is 8.68. The van der Waals surface area contributed by atoms with Crippen LogP contribution in [0.1, 0.15) is 58.5 Å². The predicted octanol–water partition coefficient (Wildman–Crippen LogP) is 5.48. The molecule has 0 aliphatic carbocycles. The normalized spacial score (nSPS) is 12.6. The average molecular weight is 418 g/mol. The van der Waals surface area contributed by atoms with Crippen LogP contribution in [0.3, 0.4) is 0 Å². The van der Waals surface area contributed by atoms with Gasteiger partial charge in [-0.1, -0.05) is 26.8 Å². The topological polar surface area (TPSA) is 58.0 Å². The van der Waals surface area contributed by atoms with Crippen LogP contribution in [0.5, 0.6) is 5.75 Å². The largest absolute Gasteiger partial charge is 0.507 e. The van der Waals surface area contributed by atoms with Crippen molar-refractivity contribution < 1.29 is 18.3 Å². The third kappa shape index (κ3) is 6.07. The van der Waals surface area contributed by atoms with Crippen LogP contribution in [-0.2, 0) is 18.1 Å². The smallest absolute Gasteiger partial charge is 0.451 e. The highest BCUT2D eigenvalue weighted by Gasteiger charge is 2.34. The average Bonchev–Trinajstić information content (AvgIpc) is 2.51. The van der Waals surface area contributed by atoms with Crippen molar-refractivity contribution in [1.82, 2.24) is 15.3 Å². The molecule has 1 aromatic heterocycles. The molecule has 2 rings (SSSR count). The quantitative estimate of drug-likeness (QED) is 0.694. The first-order valence-corrected chi connectivity index (χ1v) is 8.69. The van der Waals surface area contributed by atoms with Crippen LogP contribution in [0.15, 0.2) is 24.5 Å². The van der Waals surface area contributed by atoms with Crippen molar-refractivity contribution in [2.75, 3.05) is 0 Å². The molecule has 4 nitrogen and oxygen atoms in total. The van der Waals surface area contributed by atoms with E-state index in [-0.39, 0.29) is 29.1 Å². The van der Waals surface area contributed by atoms with E-state index in [1.165, 1.54) is 0 Å². The first-order valence-electron chi connectivity index (χ1n) is 8.69. The number of nitrogens with zero attached hydrogens (tertiary/aromatic N) is 2. The van der Waals surface area contributed by atoms with E-state index in [2.05, 4.69) is 15.3 Å². The summed E-state index contributed by atoms with van der Waals surface area (Å²) in [6.45, 7) is 12.6. The van der Waals surface area contributed by atoms with Gasteiger partial charge in [-0.05, 0) is 37.8 Å². The number of hydrogen-bond acceptors (Lipinski definition) is 4. The molecule has 1 aromatic carbocycles. The number of halogens is 4. The van der Waals surface area contributed by atoms with Gasteiger partial charge in [0.2, 0.25) is 5.82 Å². The van der Waals surface area contributed by atoms with E-state index in [1.807, 2.05) is 47.6 Å². The maximum atomic E-state index is 12.7. The lowest BCUT2D eigenvalue weighted by Gasteiger charge is -2.25. The van der Waals surface area contributed by atoms with Crippen molar-refractivity contribution in [3.05, 3.63) is 41.5 Å². The molecule has 0 bridgehead atoms. The summed E-state index contributed by atoms with van der Waals surface area (Å²) in [5.41, 5.74) is 2.03. The third-order valence-electron chi connectivity index (χ3n) is 4.08. The molecule has 0 saturated carbocycles. The minimum atomic E-state index is -4.60. The fourth-order valence-electron chi connectivity index (χ4n) is 2.46. The molecule has 0 unspecified atom stereocenters. The number of aromatic hydroxyl groups is 1. The lowest BCUT2D eigenvalue weighted by molar-refractivity contribution is -0.144. The molecule has 0 fully saturated rings. The zero-order valence-corrected chi connectivity index (χ0v) is 17.7. The minimum absolute atomic E-state index is 0. The maximum absolute atomic E-state index is 12.7. The fraction of sp³-hybridized carbons (Fsp3) is 0.500. The van der Waals surface area contributed by atoms with E-state index >= 15 is 0 Å². The second-order valence-electron chi connectivity index (χ2n) is 8.68. The molecule has 0 amide bonds. The van der Waals surface area contributed by atoms with Crippen molar-refractivity contribution in [1.29, 1.82) is 0 Å². The van der Waals surface area contributed by atoms with Crippen molar-refractivity contribution >= 4 is 12.4 Å². The van der Waals surface area contributed by atoms with Gasteiger partial charge in [0.25, 0.3) is 0 Å². The van der Waals surface area contributed by atoms with E-state index in [9.17, 15) is 18.3 Å². The zero-order valence-electron chi connectivity index (χ0n) is 16.9. The third-order valence-corrected chi connectivity index (χ3v) is 4.08. The molecule has 2 N–H and O–H groups in total. The van der Waals surface area contributed by atoms with Crippen LogP contribution in [0, 0.1) is 0 Å². The van der Waals surface area contributed by atoms with Gasteiger partial charge < -0.3 is 10.4 Å². The van der Waals surface area contributed by atoms with Crippen LogP contribution >= 0.6 is 12.4 Å². The van der Waals surface area contributed by atoms with Gasteiger partial charge in [-0.2, -0.15) is 13.2 Å². The molecule has 0 radical (unpaired) electrons. The van der Waals surface area contributed by atoms with Crippen molar-refractivity contribution in [2.24, 2.45) is 0 Å². The Bertz CT molecular complexity index is 808. The van der Waals surface area contributed by atoms with Crippen molar-refractivity contribution in [3.8, 4) is 16.9 Å². The van der Waals surface area contributed by atoms with Crippen LogP contribution in [0.2, 0.25) is 0 Å². The minimum Gasteiger partial charge on any atom is -0.507 e. The molecule has 28 heavy (non-hydrogen) atoms. The zero-order chi connectivity index (χ0) is 20.6. The molecular formula is C20H27ClF3N3O. The van der Waals surface area contributed by atoms with Crippen LogP contribution in [-0.4, -0.2) is 20.6 Å². The fourth-order valence-corrected chi connectivity index (χ4v) is 2.46. The van der Waals surface area contributed by atoms with E-state index in [0.717, 1.165) is 18.0 Å². The SMILES string of the molecule is CC(C)(C)NCc1cc(C(C)(C)C)cc(-c2cnc(C(F)(F)F)nc2)c1O.Cl. The van der Waals surface area contributed by atoms with E-state index in [0.29, 0.717) is 23.2 Å². The Labute approximate surface area is 170 Å². The Morgan fingerprint density at radius 3 is 1.93 bits per heavy atom. The number of phenolic OH excluding ortho intramolecular Hbond substituents is 1. The highest BCUT2D eigenvalue weighted by molar-refractivity contribution is 5.85. The number of hydrogen-bond donors (Lipinski definition) is 2. The summed E-state index contributed by atoms with van der Waals surface area (Å²) in [4.78, 5) is 6.82. The molecule has 0 atom stereocenters. The Morgan fingerprint density at radius 1 is 0.964 bits per heavy atom. The predicted molar refractivity (Wildman–Crippen MR) is 107 cm³/mol. The number of alkyl halides is 3. The Hall–Kier alpha value is -1.86. The lowest BCUT2D eigenvalue weighted by atomic mass is 9.84. The van der Waals surface area contributed by atoms with Crippen LogP contribution < -0.4 is 5.32 Å². The number of rotatable bonds is 3. The molecule has 1 heterocycles. The summed E-state index contributed by atoms with van der Waals surface area (Å²) < 4.78 is 38.1. The molecule has 156 valence electrons. The highest BCUT2D eigenvalue weighted by Crippen LogP contribution is 2.37. The number of aromatic nitrogens is 2. The highest BCUT2D eigenvalue weighted by atomic mass is 35.5. The summed E-state index contributed by atoms with van der Waals surface area (Å²) in [6.07, 6.45) is -2.41. The van der Waals surface area contributed by atoms with Gasteiger partial charge in [0, 0.05) is 41.2 Å². The first-order chi connectivity index (χ1) is 12.2. The van der Waals surface area contributed by atoms with Crippen molar-refractivity contribution in [2.45, 2.75) is 65.2 Å². The Kier molecular flexibility index (Phi) is 7.12. The van der Waals surface area contributed by atoms with Gasteiger partial charge in [0.1, 0.15) is 5.75 Å². The second kappa shape index (κ2) is 8.25. The molecule has 2 aromatic rings. The maximum Gasteiger partial charge on any atom is 0.451 e. The standard InChI is InChI=1S/C20H26F3N3O.ClH/c1-18(2,3)14-7-12(11-26-19(4,5)6)16(27)15(8-14)13-9-24-17(25-10-13)20(21,22)23;/h7-10,26-27H,11H2,1-6H3;1H. The van der Waals surface area contributed by atoms with Gasteiger partial charge in [-0.3, -0.25) is 0 Å². The molecule has 0 aliphatic rings. The van der Waals surface area contributed by atoms with Crippen LogP contribution in [0.4, 0.5) is 13.2 Å². The van der Waals surface area contributed by atoms with Crippen LogP contribution in [0.25, 0.3) is 11.1 Å². The molecule has 0 aliphatic heterocycles. The summed E-state index contributed by atoms with van der Waals surface area (Å²) in [5.74, 6) is -1.18. The van der Waals surface area contributed by atoms with E-state index in [1.54, 1.807) is 6.07 Å². The summed E-state index contributed by atoms with van der Waals surface area (Å²) in [7, 11) is 0. The molecule has 0 spiro atoms. The number of benzene rings is 1. The van der Waals surface area contributed by atoms with Gasteiger partial charge in [0.15, 0.2) is 0 Å². The number of nitrogens with one attached hydrogen (secondary N) is 1. The summed E-state index contributed by atoms with van der Waals surface area (Å²) >= 11 is 0.